The number of hydrogen-bond acceptors (Lipinski definition) is 5. The first-order chi connectivity index (χ1) is 8.42. The maximum absolute atomic E-state index is 11.1. The lowest BCUT2D eigenvalue weighted by Gasteiger charge is -2.39. The zero-order valence-corrected chi connectivity index (χ0v) is 12.6. The lowest BCUT2D eigenvalue weighted by atomic mass is 10.2. The second-order valence-corrected chi connectivity index (χ2v) is 7.27. The van der Waals surface area contributed by atoms with Gasteiger partial charge in [-0.2, -0.15) is 0 Å². The summed E-state index contributed by atoms with van der Waals surface area (Å²) in [6, 6.07) is 0.471. The van der Waals surface area contributed by atoms with Crippen LogP contribution < -0.4 is 0 Å². The van der Waals surface area contributed by atoms with Crippen molar-refractivity contribution < 1.29 is 13.2 Å². The highest BCUT2D eigenvalue weighted by Crippen LogP contribution is 2.09. The minimum atomic E-state index is -2.85. The molecule has 0 aromatic rings. The largest absolute Gasteiger partial charge is 0.380 e. The lowest BCUT2D eigenvalue weighted by Crippen LogP contribution is -2.53. The van der Waals surface area contributed by atoms with E-state index in [0.717, 1.165) is 39.4 Å². The van der Waals surface area contributed by atoms with Crippen molar-refractivity contribution in [2.45, 2.75) is 19.9 Å². The molecule has 0 spiro atoms. The normalized spacial score (nSPS) is 23.4. The van der Waals surface area contributed by atoms with Gasteiger partial charge in [0.2, 0.25) is 0 Å². The second-order valence-electron chi connectivity index (χ2n) is 5.01. The number of nitrogens with zero attached hydrogens (tertiary/aromatic N) is 2. The van der Waals surface area contributed by atoms with Crippen molar-refractivity contribution in [2.75, 3.05) is 57.9 Å². The van der Waals surface area contributed by atoms with Crippen molar-refractivity contribution in [3.05, 3.63) is 0 Å². The Morgan fingerprint density at radius 1 is 1.28 bits per heavy atom. The maximum Gasteiger partial charge on any atom is 0.148 e. The summed E-state index contributed by atoms with van der Waals surface area (Å²) in [5, 5.41) is 0. The summed E-state index contributed by atoms with van der Waals surface area (Å²) >= 11 is 0. The molecule has 0 aromatic heterocycles. The molecule has 1 rings (SSSR count). The topological polar surface area (TPSA) is 49.9 Å². The molecule has 5 nitrogen and oxygen atoms in total. The van der Waals surface area contributed by atoms with Gasteiger partial charge in [0.05, 0.1) is 12.4 Å². The van der Waals surface area contributed by atoms with Crippen LogP contribution in [-0.2, 0) is 14.6 Å². The Bertz CT molecular complexity index is 332. The average molecular weight is 278 g/mol. The van der Waals surface area contributed by atoms with Crippen LogP contribution in [-0.4, -0.2) is 82.2 Å². The van der Waals surface area contributed by atoms with Crippen molar-refractivity contribution >= 4 is 9.84 Å². The van der Waals surface area contributed by atoms with Gasteiger partial charge in [0, 0.05) is 51.6 Å². The van der Waals surface area contributed by atoms with Gasteiger partial charge in [-0.25, -0.2) is 8.42 Å². The van der Waals surface area contributed by atoms with Gasteiger partial charge in [-0.05, 0) is 13.8 Å². The van der Waals surface area contributed by atoms with Crippen molar-refractivity contribution in [3.63, 3.8) is 0 Å². The molecule has 0 amide bonds. The molecule has 0 aliphatic carbocycles. The molecule has 0 N–H and O–H groups in total. The highest BCUT2D eigenvalue weighted by atomic mass is 32.2. The Labute approximate surface area is 111 Å². The molecule has 0 unspecified atom stereocenters. The summed E-state index contributed by atoms with van der Waals surface area (Å²) < 4.78 is 27.7. The quantitative estimate of drug-likeness (QED) is 0.617. The van der Waals surface area contributed by atoms with E-state index >= 15 is 0 Å². The van der Waals surface area contributed by atoms with Gasteiger partial charge >= 0.3 is 0 Å². The van der Waals surface area contributed by atoms with E-state index in [2.05, 4.69) is 16.7 Å². The first kappa shape index (κ1) is 15.9. The zero-order chi connectivity index (χ0) is 13.6. The number of hydrogen-bond donors (Lipinski definition) is 0. The molecule has 18 heavy (non-hydrogen) atoms. The van der Waals surface area contributed by atoms with E-state index in [0.29, 0.717) is 12.6 Å². The van der Waals surface area contributed by atoms with Crippen LogP contribution in [0, 0.1) is 0 Å². The molecule has 1 aliphatic heterocycles. The molecule has 0 saturated carbocycles. The Morgan fingerprint density at radius 3 is 2.56 bits per heavy atom. The van der Waals surface area contributed by atoms with Crippen LogP contribution in [0.25, 0.3) is 0 Å². The average Bonchev–Trinajstić information content (AvgIpc) is 2.28. The van der Waals surface area contributed by atoms with Gasteiger partial charge in [0.25, 0.3) is 0 Å². The van der Waals surface area contributed by atoms with E-state index in [4.69, 9.17) is 4.74 Å². The van der Waals surface area contributed by atoms with Gasteiger partial charge in [-0.15, -0.1) is 0 Å². The molecule has 0 radical (unpaired) electrons. The molecule has 0 aromatic carbocycles. The number of rotatable bonds is 7. The van der Waals surface area contributed by atoms with E-state index in [1.165, 1.54) is 6.26 Å². The second kappa shape index (κ2) is 7.43. The van der Waals surface area contributed by atoms with Crippen LogP contribution in [0.1, 0.15) is 13.8 Å². The first-order valence-corrected chi connectivity index (χ1v) is 8.70. The van der Waals surface area contributed by atoms with Crippen LogP contribution in [0.4, 0.5) is 0 Å². The van der Waals surface area contributed by atoms with Gasteiger partial charge in [-0.3, -0.25) is 9.80 Å². The summed E-state index contributed by atoms with van der Waals surface area (Å²) in [6.07, 6.45) is 1.30. The zero-order valence-electron chi connectivity index (χ0n) is 11.8. The number of piperazine rings is 1. The van der Waals surface area contributed by atoms with Gasteiger partial charge in [0.15, 0.2) is 0 Å². The van der Waals surface area contributed by atoms with Crippen molar-refractivity contribution in [1.29, 1.82) is 0 Å². The third-order valence-electron chi connectivity index (χ3n) is 3.35. The summed E-state index contributed by atoms with van der Waals surface area (Å²) in [5.41, 5.74) is 0. The van der Waals surface area contributed by atoms with Crippen LogP contribution >= 0.6 is 0 Å². The van der Waals surface area contributed by atoms with E-state index in [-0.39, 0.29) is 5.75 Å². The van der Waals surface area contributed by atoms with E-state index in [1.807, 2.05) is 6.92 Å². The van der Waals surface area contributed by atoms with Gasteiger partial charge in [0.1, 0.15) is 9.84 Å². The summed E-state index contributed by atoms with van der Waals surface area (Å²) in [5.74, 6) is 0.263. The highest BCUT2D eigenvalue weighted by molar-refractivity contribution is 7.90. The highest BCUT2D eigenvalue weighted by Gasteiger charge is 2.23. The van der Waals surface area contributed by atoms with E-state index in [1.54, 1.807) is 0 Å². The van der Waals surface area contributed by atoms with Crippen LogP contribution in [0.15, 0.2) is 0 Å². The molecule has 108 valence electrons. The molecule has 1 heterocycles. The summed E-state index contributed by atoms with van der Waals surface area (Å²) in [6.45, 7) is 10.3. The van der Waals surface area contributed by atoms with Gasteiger partial charge < -0.3 is 4.74 Å². The minimum absolute atomic E-state index is 0.263. The first-order valence-electron chi connectivity index (χ1n) is 6.64. The third kappa shape index (κ3) is 6.13. The Kier molecular flexibility index (Phi) is 6.55. The van der Waals surface area contributed by atoms with E-state index < -0.39 is 9.84 Å². The Morgan fingerprint density at radius 2 is 2.00 bits per heavy atom. The number of sulfone groups is 1. The van der Waals surface area contributed by atoms with Crippen LogP contribution in [0.3, 0.4) is 0 Å². The predicted octanol–water partition coefficient (Wildman–Crippen LogP) is 0.0736. The maximum atomic E-state index is 11.1. The summed E-state index contributed by atoms with van der Waals surface area (Å²) in [4.78, 5) is 4.65. The fraction of sp³-hybridized carbons (Fsp3) is 1.00. The predicted molar refractivity (Wildman–Crippen MR) is 73.7 cm³/mol. The van der Waals surface area contributed by atoms with Gasteiger partial charge in [-0.1, -0.05) is 0 Å². The molecule has 1 atom stereocenters. The molecular formula is C12H26N2O3S. The standard InChI is InChI=1S/C12H26N2O3S/c1-4-17-9-7-14-6-5-13(11-12(14)2)8-10-18(3,15)16/h12H,4-11H2,1-3H3/t12-/m0/s1. The monoisotopic (exact) mass is 278 g/mol. The minimum Gasteiger partial charge on any atom is -0.380 e. The fourth-order valence-electron chi connectivity index (χ4n) is 2.23. The molecular weight excluding hydrogens is 252 g/mol. The Balaban J connectivity index is 2.27. The van der Waals surface area contributed by atoms with Crippen LogP contribution in [0.5, 0.6) is 0 Å². The molecule has 6 heteroatoms. The SMILES string of the molecule is CCOCCN1CCN(CCS(C)(=O)=O)C[C@@H]1C. The van der Waals surface area contributed by atoms with Crippen molar-refractivity contribution in [3.8, 4) is 0 Å². The smallest absolute Gasteiger partial charge is 0.148 e. The fourth-order valence-corrected chi connectivity index (χ4v) is 2.82. The molecule has 0 bridgehead atoms. The molecule has 1 saturated heterocycles. The molecule has 1 aliphatic rings. The lowest BCUT2D eigenvalue weighted by molar-refractivity contribution is 0.0516. The van der Waals surface area contributed by atoms with E-state index in [9.17, 15) is 8.42 Å². The van der Waals surface area contributed by atoms with Crippen LogP contribution in [0.2, 0.25) is 0 Å². The molecule has 1 fully saturated rings. The third-order valence-corrected chi connectivity index (χ3v) is 4.28. The number of ether oxygens (including phenoxy) is 1. The van der Waals surface area contributed by atoms with Crippen molar-refractivity contribution in [2.24, 2.45) is 0 Å². The van der Waals surface area contributed by atoms with Crippen molar-refractivity contribution in [1.82, 2.24) is 9.80 Å². The summed E-state index contributed by atoms with van der Waals surface area (Å²) in [7, 11) is -2.85. The Hall–Kier alpha value is -0.170.